The lowest BCUT2D eigenvalue weighted by Crippen LogP contribution is -2.41. The molecule has 0 aliphatic carbocycles. The SMILES string of the molecule is O=C(CCCOc1ccc(F)cc1)N1CCCN(CC(=O)N2CCCC2)CC1. The van der Waals surface area contributed by atoms with Crippen molar-refractivity contribution in [3.05, 3.63) is 30.1 Å². The molecule has 154 valence electrons. The second-order valence-electron chi connectivity index (χ2n) is 7.50. The van der Waals surface area contributed by atoms with Crippen LogP contribution >= 0.6 is 0 Å². The third-order valence-electron chi connectivity index (χ3n) is 5.38. The van der Waals surface area contributed by atoms with Crippen LogP contribution in [0, 0.1) is 5.82 Å². The van der Waals surface area contributed by atoms with E-state index in [1.807, 2.05) is 9.80 Å². The number of halogens is 1. The highest BCUT2D eigenvalue weighted by molar-refractivity contribution is 5.78. The highest BCUT2D eigenvalue weighted by Crippen LogP contribution is 2.13. The molecule has 7 heteroatoms. The van der Waals surface area contributed by atoms with Crippen LogP contribution in [0.5, 0.6) is 5.75 Å². The molecule has 2 heterocycles. The zero-order chi connectivity index (χ0) is 19.8. The summed E-state index contributed by atoms with van der Waals surface area (Å²) in [4.78, 5) is 30.8. The smallest absolute Gasteiger partial charge is 0.236 e. The van der Waals surface area contributed by atoms with Crippen molar-refractivity contribution < 1.29 is 18.7 Å². The maximum atomic E-state index is 12.9. The fourth-order valence-electron chi connectivity index (χ4n) is 3.74. The van der Waals surface area contributed by atoms with Gasteiger partial charge < -0.3 is 14.5 Å². The van der Waals surface area contributed by atoms with E-state index in [-0.39, 0.29) is 17.6 Å². The normalized spacial score (nSPS) is 18.2. The maximum Gasteiger partial charge on any atom is 0.236 e. The molecular weight excluding hydrogens is 361 g/mol. The molecule has 2 saturated heterocycles. The molecule has 2 aliphatic heterocycles. The van der Waals surface area contributed by atoms with Crippen molar-refractivity contribution in [1.82, 2.24) is 14.7 Å². The monoisotopic (exact) mass is 391 g/mol. The van der Waals surface area contributed by atoms with E-state index in [0.29, 0.717) is 38.3 Å². The lowest BCUT2D eigenvalue weighted by molar-refractivity contribution is -0.131. The van der Waals surface area contributed by atoms with Gasteiger partial charge in [-0.3, -0.25) is 14.5 Å². The molecule has 1 aromatic rings. The lowest BCUT2D eigenvalue weighted by Gasteiger charge is -2.24. The molecule has 0 atom stereocenters. The molecular formula is C21H30FN3O3. The van der Waals surface area contributed by atoms with E-state index >= 15 is 0 Å². The summed E-state index contributed by atoms with van der Waals surface area (Å²) in [5.41, 5.74) is 0. The molecule has 0 saturated carbocycles. The topological polar surface area (TPSA) is 53.1 Å². The minimum atomic E-state index is -0.292. The number of likely N-dealkylation sites (tertiary alicyclic amines) is 1. The Labute approximate surface area is 166 Å². The number of amides is 2. The lowest BCUT2D eigenvalue weighted by atomic mass is 10.2. The van der Waals surface area contributed by atoms with Gasteiger partial charge in [-0.15, -0.1) is 0 Å². The minimum absolute atomic E-state index is 0.135. The zero-order valence-electron chi connectivity index (χ0n) is 16.4. The van der Waals surface area contributed by atoms with Crippen molar-refractivity contribution in [3.8, 4) is 5.75 Å². The van der Waals surface area contributed by atoms with Crippen LogP contribution in [0.1, 0.15) is 32.1 Å². The first-order valence-corrected chi connectivity index (χ1v) is 10.3. The van der Waals surface area contributed by atoms with Crippen LogP contribution in [-0.2, 0) is 9.59 Å². The molecule has 0 radical (unpaired) electrons. The second kappa shape index (κ2) is 10.4. The molecule has 3 rings (SSSR count). The Kier molecular flexibility index (Phi) is 7.65. The Balaban J connectivity index is 1.34. The fourth-order valence-corrected chi connectivity index (χ4v) is 3.74. The van der Waals surface area contributed by atoms with Gasteiger partial charge in [0.25, 0.3) is 0 Å². The summed E-state index contributed by atoms with van der Waals surface area (Å²) in [7, 11) is 0. The largest absolute Gasteiger partial charge is 0.494 e. The van der Waals surface area contributed by atoms with Crippen LogP contribution in [0.4, 0.5) is 4.39 Å². The summed E-state index contributed by atoms with van der Waals surface area (Å²) in [5, 5.41) is 0. The van der Waals surface area contributed by atoms with E-state index in [1.165, 1.54) is 12.1 Å². The van der Waals surface area contributed by atoms with Crippen LogP contribution in [0.2, 0.25) is 0 Å². The Hall–Kier alpha value is -2.15. The van der Waals surface area contributed by atoms with Crippen molar-refractivity contribution in [2.45, 2.75) is 32.1 Å². The predicted molar refractivity (Wildman–Crippen MR) is 105 cm³/mol. The second-order valence-corrected chi connectivity index (χ2v) is 7.50. The van der Waals surface area contributed by atoms with Gasteiger partial charge in [0, 0.05) is 45.7 Å². The highest BCUT2D eigenvalue weighted by atomic mass is 19.1. The van der Waals surface area contributed by atoms with E-state index < -0.39 is 0 Å². The maximum absolute atomic E-state index is 12.9. The molecule has 2 fully saturated rings. The zero-order valence-corrected chi connectivity index (χ0v) is 16.4. The molecule has 0 unspecified atom stereocenters. The molecule has 0 bridgehead atoms. The predicted octanol–water partition coefficient (Wildman–Crippen LogP) is 2.14. The van der Waals surface area contributed by atoms with E-state index in [2.05, 4.69) is 4.90 Å². The van der Waals surface area contributed by atoms with Crippen molar-refractivity contribution in [2.75, 3.05) is 52.4 Å². The van der Waals surface area contributed by atoms with Crippen LogP contribution in [0.15, 0.2) is 24.3 Å². The first-order valence-electron chi connectivity index (χ1n) is 10.3. The molecule has 0 N–H and O–H groups in total. The standard InChI is InChI=1S/C21H30FN3O3/c22-18-6-8-19(9-7-18)28-16-3-5-20(26)25-13-4-10-23(14-15-25)17-21(27)24-11-1-2-12-24/h6-9H,1-5,10-17H2. The van der Waals surface area contributed by atoms with E-state index in [4.69, 9.17) is 4.74 Å². The van der Waals surface area contributed by atoms with Gasteiger partial charge in [-0.25, -0.2) is 4.39 Å². The molecule has 6 nitrogen and oxygen atoms in total. The number of carbonyl (C=O) groups is 2. The number of rotatable bonds is 7. The van der Waals surface area contributed by atoms with Crippen molar-refractivity contribution in [2.24, 2.45) is 0 Å². The molecule has 2 amide bonds. The van der Waals surface area contributed by atoms with Gasteiger partial charge in [-0.1, -0.05) is 0 Å². The fraction of sp³-hybridized carbons (Fsp3) is 0.619. The number of benzene rings is 1. The summed E-state index contributed by atoms with van der Waals surface area (Å²) in [6.07, 6.45) is 4.18. The number of carbonyl (C=O) groups excluding carboxylic acids is 2. The third kappa shape index (κ3) is 6.19. The van der Waals surface area contributed by atoms with E-state index in [0.717, 1.165) is 52.0 Å². The number of hydrogen-bond donors (Lipinski definition) is 0. The third-order valence-corrected chi connectivity index (χ3v) is 5.38. The van der Waals surface area contributed by atoms with Gasteiger partial charge in [0.15, 0.2) is 0 Å². The summed E-state index contributed by atoms with van der Waals surface area (Å²) in [5.74, 6) is 0.674. The molecule has 2 aliphatic rings. The Bertz CT molecular complexity index is 647. The molecule has 0 spiro atoms. The van der Waals surface area contributed by atoms with Gasteiger partial charge in [0.1, 0.15) is 11.6 Å². The number of hydrogen-bond acceptors (Lipinski definition) is 4. The summed E-state index contributed by atoms with van der Waals surface area (Å²) >= 11 is 0. The van der Waals surface area contributed by atoms with Crippen molar-refractivity contribution in [1.29, 1.82) is 0 Å². The van der Waals surface area contributed by atoms with Crippen molar-refractivity contribution >= 4 is 11.8 Å². The average molecular weight is 391 g/mol. The van der Waals surface area contributed by atoms with Crippen molar-refractivity contribution in [3.63, 3.8) is 0 Å². The Morgan fingerprint density at radius 2 is 1.54 bits per heavy atom. The molecule has 0 aromatic heterocycles. The molecule has 1 aromatic carbocycles. The van der Waals surface area contributed by atoms with E-state index in [9.17, 15) is 14.0 Å². The summed E-state index contributed by atoms with van der Waals surface area (Å²) < 4.78 is 18.4. The van der Waals surface area contributed by atoms with Gasteiger partial charge in [0.05, 0.1) is 13.2 Å². The van der Waals surface area contributed by atoms with Crippen LogP contribution in [0.3, 0.4) is 0 Å². The average Bonchev–Trinajstić information content (AvgIpc) is 3.14. The van der Waals surface area contributed by atoms with Gasteiger partial charge in [0.2, 0.25) is 11.8 Å². The van der Waals surface area contributed by atoms with Crippen LogP contribution in [0.25, 0.3) is 0 Å². The first-order chi connectivity index (χ1) is 13.6. The number of nitrogens with zero attached hydrogens (tertiary/aromatic N) is 3. The number of ether oxygens (including phenoxy) is 1. The van der Waals surface area contributed by atoms with Gasteiger partial charge >= 0.3 is 0 Å². The van der Waals surface area contributed by atoms with Crippen LogP contribution in [-0.4, -0.2) is 78.9 Å². The first kappa shape index (κ1) is 20.6. The molecule has 28 heavy (non-hydrogen) atoms. The Morgan fingerprint density at radius 1 is 0.857 bits per heavy atom. The summed E-state index contributed by atoms with van der Waals surface area (Å²) in [6.45, 7) is 5.69. The summed E-state index contributed by atoms with van der Waals surface area (Å²) in [6, 6.07) is 5.89. The van der Waals surface area contributed by atoms with Gasteiger partial charge in [-0.2, -0.15) is 0 Å². The van der Waals surface area contributed by atoms with E-state index in [1.54, 1.807) is 12.1 Å². The Morgan fingerprint density at radius 3 is 2.29 bits per heavy atom. The quantitative estimate of drug-likeness (QED) is 0.669. The van der Waals surface area contributed by atoms with Gasteiger partial charge in [-0.05, 0) is 49.9 Å². The van der Waals surface area contributed by atoms with Crippen LogP contribution < -0.4 is 4.74 Å². The highest BCUT2D eigenvalue weighted by Gasteiger charge is 2.23. The minimum Gasteiger partial charge on any atom is -0.494 e.